The molecular formula is C17H22N2O2S. The summed E-state index contributed by atoms with van der Waals surface area (Å²) < 4.78 is 0. The normalized spacial score (nSPS) is 24.7. The zero-order chi connectivity index (χ0) is 15.7. The first-order valence-corrected chi connectivity index (χ1v) is 8.96. The molecule has 0 aromatic heterocycles. The second-order valence-electron chi connectivity index (χ2n) is 6.12. The molecule has 22 heavy (non-hydrogen) atoms. The van der Waals surface area contributed by atoms with Crippen molar-refractivity contribution in [2.75, 3.05) is 18.2 Å². The molecular weight excluding hydrogens is 296 g/mol. The zero-order valence-electron chi connectivity index (χ0n) is 13.1. The lowest BCUT2D eigenvalue weighted by Crippen LogP contribution is -2.49. The Morgan fingerprint density at radius 1 is 1.27 bits per heavy atom. The monoisotopic (exact) mass is 318 g/mol. The van der Waals surface area contributed by atoms with Crippen molar-refractivity contribution in [2.24, 2.45) is 0 Å². The van der Waals surface area contributed by atoms with Crippen LogP contribution in [0.2, 0.25) is 0 Å². The van der Waals surface area contributed by atoms with Crippen LogP contribution in [-0.4, -0.2) is 46.8 Å². The van der Waals surface area contributed by atoms with E-state index in [4.69, 9.17) is 0 Å². The Morgan fingerprint density at radius 2 is 2.09 bits per heavy atom. The Morgan fingerprint density at radius 3 is 2.77 bits per heavy atom. The minimum absolute atomic E-state index is 0.0830. The van der Waals surface area contributed by atoms with Crippen LogP contribution in [0.3, 0.4) is 0 Å². The first-order chi connectivity index (χ1) is 10.6. The molecule has 2 heterocycles. The number of Topliss-reactive ketones (excluding diaryl/α,β-unsaturated/α-hetero) is 1. The second kappa shape index (κ2) is 6.42. The molecule has 118 valence electrons. The fourth-order valence-corrected chi connectivity index (χ4v) is 4.08. The first kappa shape index (κ1) is 15.6. The molecule has 0 radical (unpaired) electrons. The van der Waals surface area contributed by atoms with E-state index in [0.717, 1.165) is 35.6 Å². The lowest BCUT2D eigenvalue weighted by atomic mass is 9.98. The lowest BCUT2D eigenvalue weighted by Gasteiger charge is -2.26. The number of aryl methyl sites for hydroxylation is 2. The Hall–Kier alpha value is -1.33. The highest BCUT2D eigenvalue weighted by Crippen LogP contribution is 2.24. The van der Waals surface area contributed by atoms with E-state index in [9.17, 15) is 9.59 Å². The SMILES string of the molecule is Cc1ccc(C(=O)C2CCCN2C(=O)C2CSCN2)cc1C. The summed E-state index contributed by atoms with van der Waals surface area (Å²) in [5.41, 5.74) is 3.03. The number of benzene rings is 1. The van der Waals surface area contributed by atoms with Crippen LogP contribution < -0.4 is 5.32 Å². The molecule has 1 amide bonds. The van der Waals surface area contributed by atoms with Crippen molar-refractivity contribution in [1.29, 1.82) is 0 Å². The van der Waals surface area contributed by atoms with E-state index in [2.05, 4.69) is 5.32 Å². The summed E-state index contributed by atoms with van der Waals surface area (Å²) in [6.07, 6.45) is 1.68. The Balaban J connectivity index is 1.78. The van der Waals surface area contributed by atoms with Crippen LogP contribution >= 0.6 is 11.8 Å². The fourth-order valence-electron chi connectivity index (χ4n) is 3.14. The van der Waals surface area contributed by atoms with Gasteiger partial charge >= 0.3 is 0 Å². The Kier molecular flexibility index (Phi) is 4.54. The summed E-state index contributed by atoms with van der Waals surface area (Å²) in [5.74, 6) is 1.80. The van der Waals surface area contributed by atoms with Gasteiger partial charge in [-0.2, -0.15) is 0 Å². The predicted octanol–water partition coefficient (Wildman–Crippen LogP) is 2.14. The van der Waals surface area contributed by atoms with E-state index in [-0.39, 0.29) is 23.8 Å². The molecule has 0 bridgehead atoms. The van der Waals surface area contributed by atoms with Crippen LogP contribution in [0.15, 0.2) is 18.2 Å². The first-order valence-electron chi connectivity index (χ1n) is 7.81. The summed E-state index contributed by atoms with van der Waals surface area (Å²) in [6, 6.07) is 5.40. The van der Waals surface area contributed by atoms with Crippen molar-refractivity contribution >= 4 is 23.5 Å². The molecule has 2 unspecified atom stereocenters. The number of likely N-dealkylation sites (tertiary alicyclic amines) is 1. The van der Waals surface area contributed by atoms with E-state index in [1.807, 2.05) is 32.0 Å². The lowest BCUT2D eigenvalue weighted by molar-refractivity contribution is -0.132. The topological polar surface area (TPSA) is 49.4 Å². The largest absolute Gasteiger partial charge is 0.331 e. The molecule has 2 fully saturated rings. The smallest absolute Gasteiger partial charge is 0.241 e. The molecule has 0 aliphatic carbocycles. The summed E-state index contributed by atoms with van der Waals surface area (Å²) in [6.45, 7) is 4.75. The van der Waals surface area contributed by atoms with Crippen LogP contribution in [0.5, 0.6) is 0 Å². The maximum atomic E-state index is 12.8. The van der Waals surface area contributed by atoms with Crippen LogP contribution in [0.1, 0.15) is 34.3 Å². The van der Waals surface area contributed by atoms with E-state index in [1.54, 1.807) is 16.7 Å². The summed E-state index contributed by atoms with van der Waals surface area (Å²) >= 11 is 1.74. The highest BCUT2D eigenvalue weighted by Gasteiger charge is 2.38. The quantitative estimate of drug-likeness (QED) is 0.868. The number of ketones is 1. The molecule has 3 rings (SSSR count). The van der Waals surface area contributed by atoms with Crippen LogP contribution in [0.4, 0.5) is 0 Å². The highest BCUT2D eigenvalue weighted by molar-refractivity contribution is 7.99. The molecule has 2 saturated heterocycles. The average Bonchev–Trinajstić information content (AvgIpc) is 3.19. The molecule has 2 atom stereocenters. The van der Waals surface area contributed by atoms with Gasteiger partial charge in [0.25, 0.3) is 0 Å². The third kappa shape index (κ3) is 2.92. The van der Waals surface area contributed by atoms with Gasteiger partial charge in [-0.1, -0.05) is 12.1 Å². The molecule has 1 aromatic rings. The Labute approximate surface area is 135 Å². The van der Waals surface area contributed by atoms with Gasteiger partial charge in [0.1, 0.15) is 0 Å². The molecule has 2 aliphatic heterocycles. The van der Waals surface area contributed by atoms with E-state index in [1.165, 1.54) is 5.56 Å². The van der Waals surface area contributed by atoms with Gasteiger partial charge < -0.3 is 4.90 Å². The maximum Gasteiger partial charge on any atom is 0.241 e. The number of hydrogen-bond donors (Lipinski definition) is 1. The number of nitrogens with zero attached hydrogens (tertiary/aromatic N) is 1. The number of rotatable bonds is 3. The molecule has 4 nitrogen and oxygen atoms in total. The van der Waals surface area contributed by atoms with Crippen molar-refractivity contribution in [2.45, 2.75) is 38.8 Å². The third-order valence-corrected chi connectivity index (χ3v) is 5.58. The summed E-state index contributed by atoms with van der Waals surface area (Å²) in [7, 11) is 0. The molecule has 0 spiro atoms. The molecule has 5 heteroatoms. The Bertz CT molecular complexity index is 596. The van der Waals surface area contributed by atoms with Gasteiger partial charge in [0.2, 0.25) is 5.91 Å². The van der Waals surface area contributed by atoms with Crippen LogP contribution in [-0.2, 0) is 4.79 Å². The van der Waals surface area contributed by atoms with Gasteiger partial charge in [0.05, 0.1) is 12.1 Å². The molecule has 1 aromatic carbocycles. The number of nitrogens with one attached hydrogen (secondary N) is 1. The number of hydrogen-bond acceptors (Lipinski definition) is 4. The average molecular weight is 318 g/mol. The summed E-state index contributed by atoms with van der Waals surface area (Å²) in [4.78, 5) is 27.2. The maximum absolute atomic E-state index is 12.8. The third-order valence-electron chi connectivity index (χ3n) is 4.64. The van der Waals surface area contributed by atoms with Crippen molar-refractivity contribution in [1.82, 2.24) is 10.2 Å². The van der Waals surface area contributed by atoms with Crippen LogP contribution in [0, 0.1) is 13.8 Å². The zero-order valence-corrected chi connectivity index (χ0v) is 13.9. The second-order valence-corrected chi connectivity index (χ2v) is 7.16. The summed E-state index contributed by atoms with van der Waals surface area (Å²) in [5, 5.41) is 3.21. The van der Waals surface area contributed by atoms with Crippen molar-refractivity contribution in [3.63, 3.8) is 0 Å². The van der Waals surface area contributed by atoms with Crippen molar-refractivity contribution in [3.8, 4) is 0 Å². The van der Waals surface area contributed by atoms with Crippen molar-refractivity contribution < 1.29 is 9.59 Å². The standard InChI is InChI=1S/C17H22N2O2S/c1-11-5-6-13(8-12(11)2)16(20)15-4-3-7-19(15)17(21)14-9-22-10-18-14/h5-6,8,14-15,18H,3-4,7,9-10H2,1-2H3. The molecule has 1 N–H and O–H groups in total. The van der Waals surface area contributed by atoms with Crippen molar-refractivity contribution in [3.05, 3.63) is 34.9 Å². The van der Waals surface area contributed by atoms with Gasteiger partial charge in [-0.3, -0.25) is 14.9 Å². The predicted molar refractivity (Wildman–Crippen MR) is 89.2 cm³/mol. The number of thioether (sulfide) groups is 1. The van der Waals surface area contributed by atoms with Gasteiger partial charge in [0.15, 0.2) is 5.78 Å². The number of carbonyl (C=O) groups is 2. The molecule has 0 saturated carbocycles. The van der Waals surface area contributed by atoms with E-state index in [0.29, 0.717) is 6.54 Å². The van der Waals surface area contributed by atoms with E-state index < -0.39 is 0 Å². The minimum Gasteiger partial charge on any atom is -0.331 e. The number of carbonyl (C=O) groups excluding carboxylic acids is 2. The van der Waals surface area contributed by atoms with E-state index >= 15 is 0 Å². The minimum atomic E-state index is -0.290. The van der Waals surface area contributed by atoms with Gasteiger partial charge in [-0.05, 0) is 43.9 Å². The highest BCUT2D eigenvalue weighted by atomic mass is 32.2. The fraction of sp³-hybridized carbons (Fsp3) is 0.529. The van der Waals surface area contributed by atoms with Crippen LogP contribution in [0.25, 0.3) is 0 Å². The number of amides is 1. The van der Waals surface area contributed by atoms with Gasteiger partial charge in [0, 0.05) is 23.7 Å². The van der Waals surface area contributed by atoms with Gasteiger partial charge in [-0.15, -0.1) is 11.8 Å². The molecule has 2 aliphatic rings. The van der Waals surface area contributed by atoms with Gasteiger partial charge in [-0.25, -0.2) is 0 Å².